The summed E-state index contributed by atoms with van der Waals surface area (Å²) in [6.45, 7) is 0. The Bertz CT molecular complexity index is 2750. The van der Waals surface area contributed by atoms with Crippen molar-refractivity contribution in [1.82, 2.24) is 14.4 Å². The Balaban J connectivity index is 1.04. The molecule has 0 spiro atoms. The van der Waals surface area contributed by atoms with Gasteiger partial charge in [-0.05, 0) is 78.2 Å². The Morgan fingerprint density at radius 3 is 1.85 bits per heavy atom. The number of rotatable bonds is 4. The molecular weight excluding hydrogens is 571 g/mol. The molecule has 47 heavy (non-hydrogen) atoms. The molecule has 7 aromatic carbocycles. The molecule has 0 fully saturated rings. The predicted octanol–water partition coefficient (Wildman–Crippen LogP) is 11.4. The van der Waals surface area contributed by atoms with Gasteiger partial charge in [-0.15, -0.1) is 0 Å². The van der Waals surface area contributed by atoms with Gasteiger partial charge in [0.2, 0.25) is 0 Å². The molecule has 0 unspecified atom stereocenters. The van der Waals surface area contributed by atoms with Gasteiger partial charge in [-0.3, -0.25) is 9.38 Å². The van der Waals surface area contributed by atoms with Crippen molar-refractivity contribution in [2.45, 2.75) is 0 Å². The first-order chi connectivity index (χ1) is 23.3. The molecule has 0 aliphatic carbocycles. The third-order valence-corrected chi connectivity index (χ3v) is 9.64. The highest BCUT2D eigenvalue weighted by Crippen LogP contribution is 2.40. The lowest BCUT2D eigenvalue weighted by molar-refractivity contribution is 1.19. The molecule has 3 aromatic heterocycles. The molecule has 3 heteroatoms. The van der Waals surface area contributed by atoms with E-state index in [1.165, 1.54) is 54.6 Å². The number of imidazole rings is 1. The summed E-state index contributed by atoms with van der Waals surface area (Å²) in [7, 11) is 0. The van der Waals surface area contributed by atoms with E-state index < -0.39 is 0 Å². The van der Waals surface area contributed by atoms with Crippen molar-refractivity contribution in [3.63, 3.8) is 0 Å². The van der Waals surface area contributed by atoms with E-state index in [9.17, 15) is 0 Å². The smallest absolute Gasteiger partial charge is 0.138 e. The van der Waals surface area contributed by atoms with E-state index in [1.54, 1.807) is 0 Å². The average Bonchev–Trinajstić information content (AvgIpc) is 3.53. The lowest BCUT2D eigenvalue weighted by Gasteiger charge is -2.14. The fourth-order valence-electron chi connectivity index (χ4n) is 7.39. The van der Waals surface area contributed by atoms with Gasteiger partial charge in [0.15, 0.2) is 0 Å². The first kappa shape index (κ1) is 26.0. The molecule has 0 aliphatic rings. The SMILES string of the molecule is c1ccc2c(-c3nc4ccccn4c3-c3ccc(-c4ccc(-c5ccc6ccc7cccc8ccc5c6c78)cc4)cc3)nccc2c1. The number of pyridine rings is 2. The predicted molar refractivity (Wildman–Crippen MR) is 196 cm³/mol. The van der Waals surface area contributed by atoms with Crippen molar-refractivity contribution in [3.8, 4) is 44.9 Å². The lowest BCUT2D eigenvalue weighted by Crippen LogP contribution is -1.92. The number of hydrogen-bond acceptors (Lipinski definition) is 2. The van der Waals surface area contributed by atoms with Crippen molar-refractivity contribution >= 4 is 48.7 Å². The van der Waals surface area contributed by atoms with Crippen LogP contribution in [0.2, 0.25) is 0 Å². The van der Waals surface area contributed by atoms with Gasteiger partial charge < -0.3 is 0 Å². The van der Waals surface area contributed by atoms with Crippen LogP contribution in [-0.2, 0) is 0 Å². The van der Waals surface area contributed by atoms with Crippen LogP contribution in [0, 0.1) is 0 Å². The normalized spacial score (nSPS) is 11.8. The Labute approximate surface area is 271 Å². The van der Waals surface area contributed by atoms with E-state index in [2.05, 4.69) is 156 Å². The second kappa shape index (κ2) is 10.1. The lowest BCUT2D eigenvalue weighted by atomic mass is 9.89. The number of aromatic nitrogens is 3. The summed E-state index contributed by atoms with van der Waals surface area (Å²) in [4.78, 5) is 9.90. The van der Waals surface area contributed by atoms with Crippen LogP contribution in [0.3, 0.4) is 0 Å². The van der Waals surface area contributed by atoms with Gasteiger partial charge in [0.25, 0.3) is 0 Å². The zero-order valence-electron chi connectivity index (χ0n) is 25.4. The van der Waals surface area contributed by atoms with Crippen molar-refractivity contribution in [2.75, 3.05) is 0 Å². The van der Waals surface area contributed by atoms with Crippen LogP contribution < -0.4 is 0 Å². The van der Waals surface area contributed by atoms with Crippen LogP contribution in [-0.4, -0.2) is 14.4 Å². The van der Waals surface area contributed by atoms with E-state index >= 15 is 0 Å². The average molecular weight is 598 g/mol. The topological polar surface area (TPSA) is 30.2 Å². The first-order valence-electron chi connectivity index (χ1n) is 16.0. The van der Waals surface area contributed by atoms with Gasteiger partial charge in [-0.25, -0.2) is 4.98 Å². The molecular formula is C44H27N3. The highest BCUT2D eigenvalue weighted by Gasteiger charge is 2.19. The molecule has 218 valence electrons. The molecule has 3 nitrogen and oxygen atoms in total. The van der Waals surface area contributed by atoms with E-state index in [4.69, 9.17) is 9.97 Å². The van der Waals surface area contributed by atoms with Crippen LogP contribution in [0.5, 0.6) is 0 Å². The molecule has 0 bridgehead atoms. The van der Waals surface area contributed by atoms with E-state index in [0.717, 1.165) is 39.1 Å². The van der Waals surface area contributed by atoms with E-state index in [0.29, 0.717) is 0 Å². The van der Waals surface area contributed by atoms with Crippen LogP contribution in [0.15, 0.2) is 164 Å². The Hall–Kier alpha value is -6.32. The molecule has 0 saturated carbocycles. The summed E-state index contributed by atoms with van der Waals surface area (Å²) in [6, 6.07) is 54.5. The molecule has 0 radical (unpaired) electrons. The third kappa shape index (κ3) is 4.00. The highest BCUT2D eigenvalue weighted by molar-refractivity contribution is 6.25. The minimum atomic E-state index is 0.887. The molecule has 0 amide bonds. The molecule has 10 aromatic rings. The summed E-state index contributed by atoms with van der Waals surface area (Å²) < 4.78 is 2.17. The quantitative estimate of drug-likeness (QED) is 0.189. The van der Waals surface area contributed by atoms with Gasteiger partial charge in [-0.2, -0.15) is 0 Å². The van der Waals surface area contributed by atoms with Gasteiger partial charge >= 0.3 is 0 Å². The van der Waals surface area contributed by atoms with Crippen LogP contribution >= 0.6 is 0 Å². The van der Waals surface area contributed by atoms with Gasteiger partial charge in [0.05, 0.1) is 11.4 Å². The molecule has 10 rings (SSSR count). The van der Waals surface area contributed by atoms with Crippen LogP contribution in [0.25, 0.3) is 93.6 Å². The molecule has 3 heterocycles. The monoisotopic (exact) mass is 597 g/mol. The summed E-state index contributed by atoms with van der Waals surface area (Å²) in [5.74, 6) is 0. The number of hydrogen-bond donors (Lipinski definition) is 0. The standard InChI is InChI=1S/C44H27N3/c1-2-9-37-30(6-1)25-26-45-42(37)43-44(47-27-4-3-10-39(47)46-43)35-19-13-29(14-20-35)28-11-15-31(16-12-28)36-23-21-34-18-17-32-7-5-8-33-22-24-38(36)41(34)40(32)33/h1-27H. The van der Waals surface area contributed by atoms with Gasteiger partial charge in [-0.1, -0.05) is 133 Å². The van der Waals surface area contributed by atoms with Crippen molar-refractivity contribution < 1.29 is 0 Å². The Morgan fingerprint density at radius 2 is 1.04 bits per heavy atom. The van der Waals surface area contributed by atoms with Crippen LogP contribution in [0.1, 0.15) is 0 Å². The molecule has 0 saturated heterocycles. The van der Waals surface area contributed by atoms with E-state index in [1.807, 2.05) is 12.3 Å². The highest BCUT2D eigenvalue weighted by atomic mass is 15.0. The third-order valence-electron chi connectivity index (χ3n) is 9.64. The first-order valence-corrected chi connectivity index (χ1v) is 16.0. The number of benzene rings is 7. The van der Waals surface area contributed by atoms with Gasteiger partial charge in [0.1, 0.15) is 11.3 Å². The maximum Gasteiger partial charge on any atom is 0.138 e. The largest absolute Gasteiger partial charge is 0.299 e. The van der Waals surface area contributed by atoms with Crippen molar-refractivity contribution in [1.29, 1.82) is 0 Å². The Kier molecular flexibility index (Phi) is 5.57. The molecule has 0 atom stereocenters. The van der Waals surface area contributed by atoms with E-state index in [-0.39, 0.29) is 0 Å². The van der Waals surface area contributed by atoms with Crippen molar-refractivity contribution in [2.24, 2.45) is 0 Å². The zero-order chi connectivity index (χ0) is 30.9. The summed E-state index contributed by atoms with van der Waals surface area (Å²) in [6.07, 6.45) is 3.96. The minimum Gasteiger partial charge on any atom is -0.299 e. The van der Waals surface area contributed by atoms with Gasteiger partial charge in [0, 0.05) is 23.3 Å². The number of nitrogens with zero attached hydrogens (tertiary/aromatic N) is 3. The zero-order valence-corrected chi connectivity index (χ0v) is 25.4. The van der Waals surface area contributed by atoms with Crippen molar-refractivity contribution in [3.05, 3.63) is 164 Å². The Morgan fingerprint density at radius 1 is 0.404 bits per heavy atom. The maximum atomic E-state index is 5.08. The second-order valence-electron chi connectivity index (χ2n) is 12.2. The molecule has 0 N–H and O–H groups in total. The summed E-state index contributed by atoms with van der Waals surface area (Å²) in [5, 5.41) is 10.1. The summed E-state index contributed by atoms with van der Waals surface area (Å²) >= 11 is 0. The number of fused-ring (bicyclic) bond motifs is 2. The summed E-state index contributed by atoms with van der Waals surface area (Å²) in [5.41, 5.74) is 9.68. The maximum absolute atomic E-state index is 5.08. The fraction of sp³-hybridized carbons (Fsp3) is 0. The molecule has 0 aliphatic heterocycles. The fourth-order valence-corrected chi connectivity index (χ4v) is 7.39. The second-order valence-corrected chi connectivity index (χ2v) is 12.2. The minimum absolute atomic E-state index is 0.887. The van der Waals surface area contributed by atoms with Crippen LogP contribution in [0.4, 0.5) is 0 Å².